The van der Waals surface area contributed by atoms with E-state index in [2.05, 4.69) is 28.4 Å². The number of hydrogen-bond donors (Lipinski definition) is 1. The molecule has 1 unspecified atom stereocenters. The van der Waals surface area contributed by atoms with Gasteiger partial charge in [-0.25, -0.2) is 4.98 Å². The summed E-state index contributed by atoms with van der Waals surface area (Å²) in [7, 11) is 0. The van der Waals surface area contributed by atoms with Gasteiger partial charge in [-0.15, -0.1) is 0 Å². The molecule has 3 aromatic rings. The van der Waals surface area contributed by atoms with Crippen LogP contribution in [0.4, 0.5) is 5.13 Å². The maximum Gasteiger partial charge on any atom is 0.251 e. The summed E-state index contributed by atoms with van der Waals surface area (Å²) in [4.78, 5) is 19.5. The molecular formula is C20H21N3OS. The highest BCUT2D eigenvalue weighted by molar-refractivity contribution is 7.22. The molecule has 1 fully saturated rings. The zero-order chi connectivity index (χ0) is 17.1. The Bertz CT molecular complexity index is 829. The van der Waals surface area contributed by atoms with Gasteiger partial charge in [0, 0.05) is 24.7 Å². The van der Waals surface area contributed by atoms with Crippen molar-refractivity contribution < 1.29 is 4.79 Å². The first kappa shape index (κ1) is 16.1. The zero-order valence-corrected chi connectivity index (χ0v) is 14.8. The monoisotopic (exact) mass is 351 g/mol. The minimum atomic E-state index is -0.00424. The zero-order valence-electron chi connectivity index (χ0n) is 14.0. The summed E-state index contributed by atoms with van der Waals surface area (Å²) in [6.07, 6.45) is 3.47. The molecule has 1 saturated heterocycles. The molecule has 1 atom stereocenters. The molecule has 1 aromatic heterocycles. The average molecular weight is 351 g/mol. The molecule has 0 radical (unpaired) electrons. The number of aromatic nitrogens is 1. The Hall–Kier alpha value is -2.40. The van der Waals surface area contributed by atoms with Crippen LogP contribution < -0.4 is 10.2 Å². The number of piperidine rings is 1. The van der Waals surface area contributed by atoms with Crippen molar-refractivity contribution in [3.8, 4) is 0 Å². The van der Waals surface area contributed by atoms with Crippen LogP contribution in [0.25, 0.3) is 10.2 Å². The predicted octanol–water partition coefficient (Wildman–Crippen LogP) is 4.09. The van der Waals surface area contributed by atoms with E-state index in [0.29, 0.717) is 18.2 Å². The molecule has 25 heavy (non-hydrogen) atoms. The lowest BCUT2D eigenvalue weighted by molar-refractivity contribution is 0.0949. The highest BCUT2D eigenvalue weighted by Gasteiger charge is 2.25. The molecule has 1 aliphatic rings. The van der Waals surface area contributed by atoms with E-state index in [1.54, 1.807) is 11.3 Å². The largest absolute Gasteiger partial charge is 0.350 e. The van der Waals surface area contributed by atoms with Crippen molar-refractivity contribution in [1.29, 1.82) is 0 Å². The van der Waals surface area contributed by atoms with Crippen molar-refractivity contribution in [2.45, 2.75) is 25.3 Å². The van der Waals surface area contributed by atoms with E-state index < -0.39 is 0 Å². The number of benzene rings is 2. The molecule has 0 bridgehead atoms. The van der Waals surface area contributed by atoms with Gasteiger partial charge in [0.15, 0.2) is 5.13 Å². The first-order chi connectivity index (χ1) is 12.3. The number of nitrogens with zero attached hydrogens (tertiary/aromatic N) is 2. The molecule has 0 saturated carbocycles. The fourth-order valence-electron chi connectivity index (χ4n) is 3.35. The van der Waals surface area contributed by atoms with Gasteiger partial charge in [-0.05, 0) is 43.5 Å². The number of carbonyl (C=O) groups excluding carboxylic acids is 1. The van der Waals surface area contributed by atoms with E-state index >= 15 is 0 Å². The summed E-state index contributed by atoms with van der Waals surface area (Å²) >= 11 is 1.74. The number of nitrogens with one attached hydrogen (secondary N) is 1. The first-order valence-electron chi connectivity index (χ1n) is 8.77. The lowest BCUT2D eigenvalue weighted by Gasteiger charge is -2.35. The molecule has 0 aliphatic carbocycles. The van der Waals surface area contributed by atoms with Gasteiger partial charge < -0.3 is 10.2 Å². The SMILES string of the molecule is O=C(NCC1CCCCN1c1nc2ccccc2s1)c1ccccc1. The lowest BCUT2D eigenvalue weighted by atomic mass is 10.0. The average Bonchev–Trinajstić information content (AvgIpc) is 3.11. The normalized spacial score (nSPS) is 17.6. The summed E-state index contributed by atoms with van der Waals surface area (Å²) in [5.74, 6) is -0.00424. The summed E-state index contributed by atoms with van der Waals surface area (Å²) in [6, 6.07) is 18.0. The van der Waals surface area contributed by atoms with Gasteiger partial charge in [0.05, 0.1) is 10.2 Å². The second-order valence-corrected chi connectivity index (χ2v) is 7.39. The van der Waals surface area contributed by atoms with Gasteiger partial charge in [0.2, 0.25) is 0 Å². The minimum absolute atomic E-state index is 0.00424. The fraction of sp³-hybridized carbons (Fsp3) is 0.300. The highest BCUT2D eigenvalue weighted by atomic mass is 32.1. The topological polar surface area (TPSA) is 45.2 Å². The number of fused-ring (bicyclic) bond motifs is 1. The number of para-hydroxylation sites is 1. The van der Waals surface area contributed by atoms with Crippen LogP contribution in [0.3, 0.4) is 0 Å². The van der Waals surface area contributed by atoms with Crippen molar-refractivity contribution in [2.75, 3.05) is 18.0 Å². The second kappa shape index (κ2) is 7.23. The Morgan fingerprint density at radius 1 is 1.12 bits per heavy atom. The second-order valence-electron chi connectivity index (χ2n) is 6.38. The molecule has 4 nitrogen and oxygen atoms in total. The van der Waals surface area contributed by atoms with E-state index in [1.807, 2.05) is 36.4 Å². The van der Waals surface area contributed by atoms with Crippen LogP contribution in [0.2, 0.25) is 0 Å². The number of hydrogen-bond acceptors (Lipinski definition) is 4. The van der Waals surface area contributed by atoms with Gasteiger partial charge in [-0.2, -0.15) is 0 Å². The Morgan fingerprint density at radius 3 is 2.76 bits per heavy atom. The summed E-state index contributed by atoms with van der Waals surface area (Å²) in [5, 5.41) is 4.17. The number of carbonyl (C=O) groups is 1. The molecule has 2 heterocycles. The fourth-order valence-corrected chi connectivity index (χ4v) is 4.41. The third kappa shape index (κ3) is 3.51. The summed E-state index contributed by atoms with van der Waals surface area (Å²) < 4.78 is 1.22. The maximum absolute atomic E-state index is 12.3. The molecule has 5 heteroatoms. The molecule has 128 valence electrons. The molecule has 0 spiro atoms. The Kier molecular flexibility index (Phi) is 4.65. The van der Waals surface area contributed by atoms with Crippen LogP contribution >= 0.6 is 11.3 Å². The molecule has 1 amide bonds. The van der Waals surface area contributed by atoms with E-state index in [9.17, 15) is 4.79 Å². The third-order valence-electron chi connectivity index (χ3n) is 4.69. The van der Waals surface area contributed by atoms with Crippen LogP contribution in [0.1, 0.15) is 29.6 Å². The van der Waals surface area contributed by atoms with E-state index in [1.165, 1.54) is 17.5 Å². The van der Waals surface area contributed by atoms with Crippen LogP contribution in [0.5, 0.6) is 0 Å². The van der Waals surface area contributed by atoms with Crippen molar-refractivity contribution in [1.82, 2.24) is 10.3 Å². The number of rotatable bonds is 4. The van der Waals surface area contributed by atoms with Gasteiger partial charge in [-0.3, -0.25) is 4.79 Å². The number of thiazole rings is 1. The first-order valence-corrected chi connectivity index (χ1v) is 9.58. The van der Waals surface area contributed by atoms with Crippen molar-refractivity contribution in [3.05, 3.63) is 60.2 Å². The van der Waals surface area contributed by atoms with Gasteiger partial charge in [0.25, 0.3) is 5.91 Å². The van der Waals surface area contributed by atoms with Gasteiger partial charge in [-0.1, -0.05) is 41.7 Å². The Morgan fingerprint density at radius 2 is 1.92 bits per heavy atom. The molecule has 1 aliphatic heterocycles. The predicted molar refractivity (Wildman–Crippen MR) is 103 cm³/mol. The van der Waals surface area contributed by atoms with E-state index in [-0.39, 0.29) is 5.91 Å². The molecular weight excluding hydrogens is 330 g/mol. The van der Waals surface area contributed by atoms with E-state index in [4.69, 9.17) is 4.98 Å². The molecule has 2 aromatic carbocycles. The highest BCUT2D eigenvalue weighted by Crippen LogP contribution is 2.32. The Balaban J connectivity index is 1.48. The minimum Gasteiger partial charge on any atom is -0.350 e. The number of anilines is 1. The van der Waals surface area contributed by atoms with Crippen LogP contribution in [-0.4, -0.2) is 30.0 Å². The Labute approximate surface area is 151 Å². The lowest BCUT2D eigenvalue weighted by Crippen LogP contribution is -2.46. The molecule has 1 N–H and O–H groups in total. The standard InChI is InChI=1S/C20H21N3OS/c24-19(15-8-2-1-3-9-15)21-14-16-10-6-7-13-23(16)20-22-17-11-4-5-12-18(17)25-20/h1-5,8-9,11-12,16H,6-7,10,13-14H2,(H,21,24). The number of amides is 1. The van der Waals surface area contributed by atoms with Gasteiger partial charge >= 0.3 is 0 Å². The van der Waals surface area contributed by atoms with Crippen molar-refractivity contribution >= 4 is 32.6 Å². The van der Waals surface area contributed by atoms with Crippen molar-refractivity contribution in [2.24, 2.45) is 0 Å². The van der Waals surface area contributed by atoms with Crippen LogP contribution in [0.15, 0.2) is 54.6 Å². The summed E-state index contributed by atoms with van der Waals surface area (Å²) in [5.41, 5.74) is 1.77. The van der Waals surface area contributed by atoms with Crippen LogP contribution in [0, 0.1) is 0 Å². The maximum atomic E-state index is 12.3. The van der Waals surface area contributed by atoms with Crippen molar-refractivity contribution in [3.63, 3.8) is 0 Å². The molecule has 4 rings (SSSR count). The van der Waals surface area contributed by atoms with Crippen LogP contribution in [-0.2, 0) is 0 Å². The van der Waals surface area contributed by atoms with E-state index in [0.717, 1.165) is 23.6 Å². The summed E-state index contributed by atoms with van der Waals surface area (Å²) in [6.45, 7) is 1.66. The third-order valence-corrected chi connectivity index (χ3v) is 5.76. The van der Waals surface area contributed by atoms with Gasteiger partial charge in [0.1, 0.15) is 0 Å². The smallest absolute Gasteiger partial charge is 0.251 e. The quantitative estimate of drug-likeness (QED) is 0.770.